The van der Waals surface area contributed by atoms with Crippen LogP contribution in [0.3, 0.4) is 0 Å². The smallest absolute Gasteiger partial charge is 0.119 e. The molecule has 67 heavy (non-hydrogen) atoms. The molecule has 4 nitrogen and oxygen atoms in total. The minimum absolute atomic E-state index is 0. The second kappa shape index (κ2) is 30.1. The number of rotatable bonds is 4. The molecule has 5 aromatic carbocycles. The number of halogens is 1. The van der Waals surface area contributed by atoms with Crippen molar-refractivity contribution in [3.05, 3.63) is 149 Å². The van der Waals surface area contributed by atoms with Crippen molar-refractivity contribution in [1.29, 1.82) is 0 Å². The van der Waals surface area contributed by atoms with E-state index in [0.717, 1.165) is 33.0 Å². The molecule has 0 aliphatic rings. The van der Waals surface area contributed by atoms with E-state index in [1.165, 1.54) is 16.7 Å². The Kier molecular flexibility index (Phi) is 29.9. The molecule has 0 saturated carbocycles. The summed E-state index contributed by atoms with van der Waals surface area (Å²) < 4.78 is 11.3. The van der Waals surface area contributed by atoms with Crippen molar-refractivity contribution in [2.45, 2.75) is 176 Å². The van der Waals surface area contributed by atoms with E-state index in [0.29, 0.717) is 30.9 Å². The molecule has 0 unspecified atom stereocenters. The Bertz CT molecular complexity index is 1910. The molecule has 0 atom stereocenters. The molecule has 0 aromatic heterocycles. The van der Waals surface area contributed by atoms with Crippen molar-refractivity contribution in [3.8, 4) is 11.5 Å². The normalized spacial score (nSPS) is 11.5. The standard InChI is InChI=1S/C14H15NO.2C12H27P.C8H9BrO.C7H8.C6H7N.Pd/c1-11-10-13(16-2)8-9-14(11)15-12-6-4-3-5-7-12;2*1-10(2,3)13(11(4,5)6)12(7,8)9;1-6-5-7(10-2)3-4-8(6)9;1-7-5-3-2-4-6-7;7-6-4-2-1-3-5-6;/h3-10,15H,1-2H3;2*1-9H3;3-5H,1-2H3;2-6H,1H3;1-5H,7H2;/p+2. The minimum atomic E-state index is -0.391. The number of ether oxygens (including phenoxy) is 2. The van der Waals surface area contributed by atoms with Gasteiger partial charge in [0.05, 0.1) is 45.2 Å². The monoisotopic (exact) mass is 1110 g/mol. The van der Waals surface area contributed by atoms with Gasteiger partial charge < -0.3 is 20.5 Å². The fourth-order valence-electron chi connectivity index (χ4n) is 10.1. The van der Waals surface area contributed by atoms with Crippen molar-refractivity contribution in [3.63, 3.8) is 0 Å². The Morgan fingerprint density at radius 2 is 0.746 bits per heavy atom. The fourth-order valence-corrected chi connectivity index (χ4v) is 23.8. The van der Waals surface area contributed by atoms with Gasteiger partial charge in [-0.25, -0.2) is 0 Å². The van der Waals surface area contributed by atoms with E-state index in [1.807, 2.05) is 122 Å². The summed E-state index contributed by atoms with van der Waals surface area (Å²) in [5.41, 5.74) is 12.1. The van der Waals surface area contributed by atoms with Gasteiger partial charge in [-0.15, -0.1) is 0 Å². The molecule has 0 aliphatic carbocycles. The number of aryl methyl sites for hydroxylation is 3. The van der Waals surface area contributed by atoms with E-state index in [2.05, 4.69) is 172 Å². The number of nitrogens with two attached hydrogens (primary N) is 1. The van der Waals surface area contributed by atoms with E-state index in [1.54, 1.807) is 14.2 Å². The molecule has 3 N–H and O–H groups in total. The number of hydrogen-bond acceptors (Lipinski definition) is 4. The van der Waals surface area contributed by atoms with E-state index in [9.17, 15) is 0 Å². The van der Waals surface area contributed by atoms with Crippen molar-refractivity contribution >= 4 is 48.8 Å². The van der Waals surface area contributed by atoms with Gasteiger partial charge in [0.1, 0.15) is 11.5 Å². The Morgan fingerprint density at radius 3 is 0.985 bits per heavy atom. The quantitative estimate of drug-likeness (QED) is 0.107. The molecule has 5 aromatic rings. The Hall–Kier alpha value is -2.70. The molecule has 0 radical (unpaired) electrons. The van der Waals surface area contributed by atoms with Crippen LogP contribution in [0.2, 0.25) is 0 Å². The van der Waals surface area contributed by atoms with Crippen molar-refractivity contribution in [1.82, 2.24) is 0 Å². The molecule has 0 aliphatic heterocycles. The second-order valence-electron chi connectivity index (χ2n) is 23.1. The molecule has 0 heterocycles. The van der Waals surface area contributed by atoms with Crippen LogP contribution < -0.4 is 20.5 Å². The van der Waals surface area contributed by atoms with Crippen LogP contribution in [0.4, 0.5) is 17.1 Å². The van der Waals surface area contributed by atoms with Crippen LogP contribution in [0, 0.1) is 20.8 Å². The van der Waals surface area contributed by atoms with Gasteiger partial charge in [-0.05, 0) is 217 Å². The van der Waals surface area contributed by atoms with Gasteiger partial charge in [-0.2, -0.15) is 0 Å². The van der Waals surface area contributed by atoms with E-state index in [4.69, 9.17) is 15.2 Å². The van der Waals surface area contributed by atoms with Gasteiger partial charge >= 0.3 is 0 Å². The van der Waals surface area contributed by atoms with Crippen LogP contribution in [-0.4, -0.2) is 45.2 Å². The molecular weight excluding hydrogens is 1020 g/mol. The summed E-state index contributed by atoms with van der Waals surface area (Å²) in [5.74, 6) is 1.79. The molecule has 8 heteroatoms. The second-order valence-corrected chi connectivity index (χ2v) is 34.5. The van der Waals surface area contributed by atoms with Crippen LogP contribution in [0.1, 0.15) is 141 Å². The molecule has 0 spiro atoms. The summed E-state index contributed by atoms with van der Waals surface area (Å²) in [4.78, 5) is 0. The number of para-hydroxylation sites is 2. The van der Waals surface area contributed by atoms with Crippen LogP contribution in [-0.2, 0) is 20.4 Å². The molecule has 0 bridgehead atoms. The zero-order valence-corrected chi connectivity index (χ0v) is 51.4. The third kappa shape index (κ3) is 28.5. The van der Waals surface area contributed by atoms with Crippen LogP contribution in [0.15, 0.2) is 132 Å². The predicted octanol–water partition coefficient (Wildman–Crippen LogP) is 19.0. The fraction of sp³-hybridized carbons (Fsp3) is 0.492. The van der Waals surface area contributed by atoms with Crippen molar-refractivity contribution < 1.29 is 29.9 Å². The zero-order valence-electron chi connectivity index (χ0n) is 46.2. The maximum atomic E-state index is 5.36. The van der Waals surface area contributed by atoms with Gasteiger partial charge in [-0.1, -0.05) is 88.2 Å². The number of nitrogens with one attached hydrogen (secondary N) is 1. The SMILES string of the molecule is CC(C)(C)[PH+](C(C)(C)C)C(C)(C)C.CC(C)(C)[PH+](C(C)(C)C)C(C)(C)C.COc1ccc(Br)c(C)c1.COc1ccc(Nc2ccccc2)c(C)c1.Cc1ccccc1.Nc1ccccc1.[Pd]. The minimum Gasteiger partial charge on any atom is -0.497 e. The third-order valence-corrected chi connectivity index (χ3v) is 20.0. The van der Waals surface area contributed by atoms with E-state index < -0.39 is 15.8 Å². The molecule has 0 fully saturated rings. The van der Waals surface area contributed by atoms with Gasteiger partial charge in [-0.3, -0.25) is 0 Å². The van der Waals surface area contributed by atoms with Gasteiger partial charge in [0.2, 0.25) is 0 Å². The zero-order chi connectivity index (χ0) is 51.3. The maximum Gasteiger partial charge on any atom is 0.119 e. The Labute approximate surface area is 437 Å². The predicted molar refractivity (Wildman–Crippen MR) is 310 cm³/mol. The topological polar surface area (TPSA) is 56.5 Å². The summed E-state index contributed by atoms with van der Waals surface area (Å²) in [7, 11) is 2.57. The Morgan fingerprint density at radius 1 is 0.433 bits per heavy atom. The first-order valence-corrected chi connectivity index (χ1v) is 27.2. The number of nitrogen functional groups attached to an aromatic ring is 1. The molecule has 0 amide bonds. The van der Waals surface area contributed by atoms with E-state index in [-0.39, 0.29) is 20.4 Å². The van der Waals surface area contributed by atoms with Crippen molar-refractivity contribution in [2.24, 2.45) is 0 Å². The molecular formula is C59H95BrN2O2P2Pd+2. The molecule has 5 rings (SSSR count). The van der Waals surface area contributed by atoms with Gasteiger partial charge in [0.25, 0.3) is 0 Å². The number of hydrogen-bond donors (Lipinski definition) is 2. The molecule has 0 saturated heterocycles. The number of methoxy groups -OCH3 is 2. The summed E-state index contributed by atoms with van der Waals surface area (Å²) in [6.07, 6.45) is 0. The summed E-state index contributed by atoms with van der Waals surface area (Å²) in [6, 6.07) is 41.8. The Balaban J connectivity index is 0. The third-order valence-electron chi connectivity index (χ3n) is 10.1. The average Bonchev–Trinajstić information content (AvgIpc) is 3.15. The summed E-state index contributed by atoms with van der Waals surface area (Å²) in [6.45, 7) is 49.4. The first kappa shape index (κ1) is 66.4. The van der Waals surface area contributed by atoms with Crippen LogP contribution in [0.25, 0.3) is 0 Å². The summed E-state index contributed by atoms with van der Waals surface area (Å²) in [5, 5.41) is 6.29. The largest absolute Gasteiger partial charge is 0.497 e. The molecule has 378 valence electrons. The van der Waals surface area contributed by atoms with Crippen LogP contribution >= 0.6 is 31.8 Å². The summed E-state index contributed by atoms with van der Waals surface area (Å²) >= 11 is 3.40. The first-order valence-electron chi connectivity index (χ1n) is 23.4. The van der Waals surface area contributed by atoms with Crippen molar-refractivity contribution in [2.75, 3.05) is 25.3 Å². The average molecular weight is 1110 g/mol. The van der Waals surface area contributed by atoms with Gasteiger partial charge in [0, 0.05) is 57.8 Å². The maximum absolute atomic E-state index is 5.36. The van der Waals surface area contributed by atoms with E-state index >= 15 is 0 Å². The van der Waals surface area contributed by atoms with Gasteiger partial charge in [0.15, 0.2) is 0 Å². The number of benzene rings is 5. The van der Waals surface area contributed by atoms with Crippen LogP contribution in [0.5, 0.6) is 11.5 Å². The first-order chi connectivity index (χ1) is 30.0. The number of anilines is 3.